The molecule has 3 N–H and O–H groups in total. The molecule has 2 aliphatic rings. The SMILES string of the molecule is Cc1ccncc1N1CC[C@@H](CN2C[C@H](O)[C@@H](O)[C@H](O)[C@H]2C)C1. The highest BCUT2D eigenvalue weighted by atomic mass is 16.4. The number of likely N-dealkylation sites (tertiary alicyclic amines) is 1. The zero-order valence-electron chi connectivity index (χ0n) is 13.8. The number of aliphatic hydroxyl groups is 3. The highest BCUT2D eigenvalue weighted by Gasteiger charge is 2.40. The van der Waals surface area contributed by atoms with Crippen LogP contribution in [0, 0.1) is 12.8 Å². The molecule has 0 aromatic carbocycles. The van der Waals surface area contributed by atoms with Crippen molar-refractivity contribution in [3.05, 3.63) is 24.0 Å². The van der Waals surface area contributed by atoms with E-state index < -0.39 is 18.3 Å². The quantitative estimate of drug-likeness (QED) is 0.727. The molecule has 128 valence electrons. The second-order valence-corrected chi connectivity index (χ2v) is 7.01. The first-order valence-electron chi connectivity index (χ1n) is 8.41. The number of aryl methyl sites for hydroxylation is 1. The smallest absolute Gasteiger partial charge is 0.108 e. The number of anilines is 1. The Morgan fingerprint density at radius 2 is 2.00 bits per heavy atom. The van der Waals surface area contributed by atoms with Gasteiger partial charge in [0.25, 0.3) is 0 Å². The summed E-state index contributed by atoms with van der Waals surface area (Å²) in [4.78, 5) is 8.69. The van der Waals surface area contributed by atoms with Crippen LogP contribution in [0.15, 0.2) is 18.5 Å². The van der Waals surface area contributed by atoms with E-state index in [0.717, 1.165) is 26.1 Å². The molecule has 0 aliphatic carbocycles. The van der Waals surface area contributed by atoms with Gasteiger partial charge >= 0.3 is 0 Å². The highest BCUT2D eigenvalue weighted by molar-refractivity contribution is 5.51. The zero-order valence-corrected chi connectivity index (χ0v) is 13.8. The standard InChI is InChI=1S/C17H27N3O3/c1-11-3-5-18-7-14(11)19-6-4-13(8-19)9-20-10-15(21)17(23)16(22)12(20)2/h3,5,7,12-13,15-17,21-23H,4,6,8-10H2,1-2H3/t12-,13-,15+,16-,17-/m1/s1. The molecule has 6 heteroatoms. The molecule has 3 heterocycles. The van der Waals surface area contributed by atoms with Crippen LogP contribution in [0.3, 0.4) is 0 Å². The molecule has 5 atom stereocenters. The summed E-state index contributed by atoms with van der Waals surface area (Å²) in [6.07, 6.45) is 2.02. The van der Waals surface area contributed by atoms with Crippen LogP contribution in [0.2, 0.25) is 0 Å². The van der Waals surface area contributed by atoms with Gasteiger partial charge in [0.15, 0.2) is 0 Å². The van der Waals surface area contributed by atoms with E-state index >= 15 is 0 Å². The molecule has 0 saturated carbocycles. The lowest BCUT2D eigenvalue weighted by atomic mass is 9.93. The van der Waals surface area contributed by atoms with Gasteiger partial charge in [-0.2, -0.15) is 0 Å². The van der Waals surface area contributed by atoms with Gasteiger partial charge in [-0.05, 0) is 37.8 Å². The van der Waals surface area contributed by atoms with E-state index in [1.807, 2.05) is 25.4 Å². The van der Waals surface area contributed by atoms with Gasteiger partial charge in [0.1, 0.15) is 6.10 Å². The Morgan fingerprint density at radius 3 is 2.74 bits per heavy atom. The van der Waals surface area contributed by atoms with Crippen LogP contribution in [0.4, 0.5) is 5.69 Å². The van der Waals surface area contributed by atoms with Gasteiger partial charge in [-0.25, -0.2) is 0 Å². The van der Waals surface area contributed by atoms with E-state index in [2.05, 4.69) is 21.7 Å². The Bertz CT molecular complexity index is 542. The minimum absolute atomic E-state index is 0.137. The molecule has 1 aromatic heterocycles. The minimum Gasteiger partial charge on any atom is -0.389 e. The summed E-state index contributed by atoms with van der Waals surface area (Å²) in [6, 6.07) is 1.89. The second kappa shape index (κ2) is 6.73. The van der Waals surface area contributed by atoms with Gasteiger partial charge in [-0.15, -0.1) is 0 Å². The summed E-state index contributed by atoms with van der Waals surface area (Å²) >= 11 is 0. The van der Waals surface area contributed by atoms with Crippen LogP contribution in [0.25, 0.3) is 0 Å². The highest BCUT2D eigenvalue weighted by Crippen LogP contribution is 2.28. The number of aliphatic hydroxyl groups excluding tert-OH is 3. The Morgan fingerprint density at radius 1 is 1.22 bits per heavy atom. The number of rotatable bonds is 3. The Balaban J connectivity index is 1.61. The third kappa shape index (κ3) is 3.35. The Kier molecular flexibility index (Phi) is 4.87. The number of nitrogens with zero attached hydrogens (tertiary/aromatic N) is 3. The second-order valence-electron chi connectivity index (χ2n) is 7.01. The van der Waals surface area contributed by atoms with Gasteiger partial charge in [0.05, 0.1) is 24.1 Å². The molecular formula is C17H27N3O3. The van der Waals surface area contributed by atoms with Crippen molar-refractivity contribution in [2.75, 3.05) is 31.1 Å². The number of aromatic nitrogens is 1. The fourth-order valence-electron chi connectivity index (χ4n) is 3.80. The first-order chi connectivity index (χ1) is 11.0. The number of piperidine rings is 1. The van der Waals surface area contributed by atoms with Gasteiger partial charge in [0, 0.05) is 38.4 Å². The van der Waals surface area contributed by atoms with E-state index in [0.29, 0.717) is 12.5 Å². The maximum absolute atomic E-state index is 10.1. The Hall–Kier alpha value is -1.21. The predicted octanol–water partition coefficient (Wildman–Crippen LogP) is 0.00312. The molecular weight excluding hydrogens is 294 g/mol. The lowest BCUT2D eigenvalue weighted by Gasteiger charge is -2.43. The van der Waals surface area contributed by atoms with Crippen molar-refractivity contribution in [2.24, 2.45) is 5.92 Å². The summed E-state index contributed by atoms with van der Waals surface area (Å²) in [5, 5.41) is 29.7. The monoisotopic (exact) mass is 321 g/mol. The third-order valence-electron chi connectivity index (χ3n) is 5.37. The predicted molar refractivity (Wildman–Crippen MR) is 88.3 cm³/mol. The van der Waals surface area contributed by atoms with Crippen LogP contribution in [0.5, 0.6) is 0 Å². The summed E-state index contributed by atoms with van der Waals surface area (Å²) < 4.78 is 0. The van der Waals surface area contributed by atoms with Crippen molar-refractivity contribution >= 4 is 5.69 Å². The fourth-order valence-corrected chi connectivity index (χ4v) is 3.80. The number of β-amino-alcohol motifs (C(OH)–C–C–N with tert-alkyl or cyclic N) is 1. The Labute approximate surface area is 137 Å². The molecule has 2 aliphatic heterocycles. The normalized spacial score (nSPS) is 35.7. The lowest BCUT2D eigenvalue weighted by molar-refractivity contribution is -0.134. The molecule has 2 fully saturated rings. The molecule has 0 amide bonds. The van der Waals surface area contributed by atoms with Gasteiger partial charge < -0.3 is 20.2 Å². The van der Waals surface area contributed by atoms with Crippen molar-refractivity contribution in [3.8, 4) is 0 Å². The van der Waals surface area contributed by atoms with E-state index in [1.165, 1.54) is 11.3 Å². The van der Waals surface area contributed by atoms with Crippen LogP contribution >= 0.6 is 0 Å². The summed E-state index contributed by atoms with van der Waals surface area (Å²) in [7, 11) is 0. The molecule has 3 rings (SSSR count). The minimum atomic E-state index is -1.04. The largest absolute Gasteiger partial charge is 0.389 e. The zero-order chi connectivity index (χ0) is 16.6. The van der Waals surface area contributed by atoms with Crippen LogP contribution in [-0.4, -0.2) is 75.7 Å². The van der Waals surface area contributed by atoms with Crippen molar-refractivity contribution in [1.82, 2.24) is 9.88 Å². The van der Waals surface area contributed by atoms with Crippen molar-refractivity contribution in [1.29, 1.82) is 0 Å². The number of pyridine rings is 1. The molecule has 0 radical (unpaired) electrons. The number of hydrogen-bond acceptors (Lipinski definition) is 6. The van der Waals surface area contributed by atoms with Crippen molar-refractivity contribution < 1.29 is 15.3 Å². The molecule has 0 spiro atoms. The maximum atomic E-state index is 10.1. The average Bonchev–Trinajstić information content (AvgIpc) is 2.99. The first-order valence-corrected chi connectivity index (χ1v) is 8.41. The van der Waals surface area contributed by atoms with Gasteiger partial charge in [-0.1, -0.05) is 0 Å². The third-order valence-corrected chi connectivity index (χ3v) is 5.37. The van der Waals surface area contributed by atoms with E-state index in [-0.39, 0.29) is 6.04 Å². The van der Waals surface area contributed by atoms with Crippen LogP contribution in [0.1, 0.15) is 18.9 Å². The fraction of sp³-hybridized carbons (Fsp3) is 0.706. The van der Waals surface area contributed by atoms with E-state index in [4.69, 9.17) is 0 Å². The van der Waals surface area contributed by atoms with Gasteiger partial charge in [-0.3, -0.25) is 9.88 Å². The summed E-state index contributed by atoms with van der Waals surface area (Å²) in [6.45, 7) is 7.24. The van der Waals surface area contributed by atoms with Crippen LogP contribution in [-0.2, 0) is 0 Å². The molecule has 0 bridgehead atoms. The molecule has 2 saturated heterocycles. The molecule has 1 aromatic rings. The molecule has 0 unspecified atom stereocenters. The van der Waals surface area contributed by atoms with Crippen molar-refractivity contribution in [2.45, 2.75) is 44.6 Å². The number of hydrogen-bond donors (Lipinski definition) is 3. The molecule has 6 nitrogen and oxygen atoms in total. The topological polar surface area (TPSA) is 80.1 Å². The van der Waals surface area contributed by atoms with Gasteiger partial charge in [0.2, 0.25) is 0 Å². The van der Waals surface area contributed by atoms with Crippen LogP contribution < -0.4 is 4.90 Å². The van der Waals surface area contributed by atoms with Crippen molar-refractivity contribution in [3.63, 3.8) is 0 Å². The average molecular weight is 321 g/mol. The van der Waals surface area contributed by atoms with E-state index in [1.54, 1.807) is 0 Å². The summed E-state index contributed by atoms with van der Waals surface area (Å²) in [5.74, 6) is 0.492. The first kappa shape index (κ1) is 16.6. The molecule has 23 heavy (non-hydrogen) atoms. The maximum Gasteiger partial charge on any atom is 0.108 e. The van der Waals surface area contributed by atoms with E-state index in [9.17, 15) is 15.3 Å². The summed E-state index contributed by atoms with van der Waals surface area (Å²) in [5.41, 5.74) is 2.43. The lowest BCUT2D eigenvalue weighted by Crippen LogP contribution is -2.60.